The van der Waals surface area contributed by atoms with Gasteiger partial charge in [0.1, 0.15) is 15.0 Å². The Morgan fingerprint density at radius 2 is 2.17 bits per heavy atom. The monoisotopic (exact) mass is 443 g/mol. The van der Waals surface area contributed by atoms with Gasteiger partial charge in [0, 0.05) is 11.8 Å². The first kappa shape index (κ1) is 20.8. The molecule has 1 N–H and O–H groups in total. The maximum Gasteiger partial charge on any atom is 0.304 e. The van der Waals surface area contributed by atoms with Gasteiger partial charge in [-0.2, -0.15) is 0 Å². The topological polar surface area (TPSA) is 85.2 Å². The average Bonchev–Trinajstić information content (AvgIpc) is 3.30. The van der Waals surface area contributed by atoms with Crippen molar-refractivity contribution in [1.82, 2.24) is 15.2 Å². The molecule has 6 nitrogen and oxygen atoms in total. The van der Waals surface area contributed by atoms with E-state index in [0.717, 1.165) is 17.5 Å². The molecular weight excluding hydrogens is 422 g/mol. The number of benzene rings is 1. The number of hydrogen-bond acceptors (Lipinski definition) is 6. The summed E-state index contributed by atoms with van der Waals surface area (Å²) in [6.07, 6.45) is 3.14. The minimum Gasteiger partial charge on any atom is -0.481 e. The summed E-state index contributed by atoms with van der Waals surface area (Å²) in [4.78, 5) is 16.1. The first-order valence-corrected chi connectivity index (χ1v) is 11.0. The van der Waals surface area contributed by atoms with Gasteiger partial charge >= 0.3 is 5.97 Å². The Bertz CT molecular complexity index is 1110. The molecule has 0 amide bonds. The molecule has 1 atom stereocenters. The number of aliphatic carboxylic acids is 1. The van der Waals surface area contributed by atoms with Gasteiger partial charge < -0.3 is 9.84 Å². The van der Waals surface area contributed by atoms with Gasteiger partial charge in [-0.1, -0.05) is 41.1 Å². The molecule has 0 saturated heterocycles. The maximum absolute atomic E-state index is 11.8. The number of nitrogens with zero attached hydrogens (tertiary/aromatic N) is 3. The Kier molecular flexibility index (Phi) is 5.51. The largest absolute Gasteiger partial charge is 0.481 e. The normalized spacial score (nSPS) is 17.9. The third kappa shape index (κ3) is 3.68. The lowest BCUT2D eigenvalue weighted by Gasteiger charge is -2.26. The smallest absolute Gasteiger partial charge is 0.304 e. The summed E-state index contributed by atoms with van der Waals surface area (Å²) >= 11 is 7.73. The van der Waals surface area contributed by atoms with Gasteiger partial charge in [0.15, 0.2) is 0 Å². The summed E-state index contributed by atoms with van der Waals surface area (Å²) < 4.78 is 5.59. The molecule has 4 rings (SSSR count). The summed E-state index contributed by atoms with van der Waals surface area (Å²) in [5.41, 5.74) is 3.51. The number of rotatable bonds is 6. The van der Waals surface area contributed by atoms with Gasteiger partial charge in [0.2, 0.25) is 5.88 Å². The fourth-order valence-corrected chi connectivity index (χ4v) is 5.35. The third-order valence-electron chi connectivity index (χ3n) is 5.42. The van der Waals surface area contributed by atoms with E-state index in [9.17, 15) is 9.90 Å². The molecule has 0 fully saturated rings. The van der Waals surface area contributed by atoms with Crippen LogP contribution < -0.4 is 4.74 Å². The molecule has 1 aromatic carbocycles. The lowest BCUT2D eigenvalue weighted by atomic mass is 9.79. The van der Waals surface area contributed by atoms with Crippen molar-refractivity contribution < 1.29 is 14.6 Å². The van der Waals surface area contributed by atoms with E-state index in [0.29, 0.717) is 27.3 Å². The van der Waals surface area contributed by atoms with Gasteiger partial charge in [0.05, 0.1) is 17.9 Å². The second-order valence-electron chi connectivity index (χ2n) is 7.84. The molecule has 8 heteroatoms. The van der Waals surface area contributed by atoms with E-state index in [1.165, 1.54) is 22.5 Å². The zero-order valence-electron chi connectivity index (χ0n) is 17.0. The number of hydrogen-bond donors (Lipinski definition) is 1. The van der Waals surface area contributed by atoms with Gasteiger partial charge in [-0.25, -0.2) is 4.98 Å². The number of aromatic nitrogens is 3. The number of fused-ring (bicyclic) bond motifs is 1. The number of carboxylic acids is 1. The van der Waals surface area contributed by atoms with E-state index in [1.54, 1.807) is 12.3 Å². The predicted molar refractivity (Wildman–Crippen MR) is 116 cm³/mol. The molecule has 0 spiro atoms. The Labute approximate surface area is 183 Å². The van der Waals surface area contributed by atoms with Crippen molar-refractivity contribution in [3.05, 3.63) is 57.2 Å². The maximum atomic E-state index is 11.8. The molecule has 2 aromatic heterocycles. The molecule has 3 aromatic rings. The van der Waals surface area contributed by atoms with Crippen LogP contribution in [-0.4, -0.2) is 32.4 Å². The third-order valence-corrected chi connectivity index (χ3v) is 6.86. The summed E-state index contributed by atoms with van der Waals surface area (Å²) in [5.74, 6) is -0.469. The predicted octanol–water partition coefficient (Wildman–Crippen LogP) is 5.06. The number of ether oxygens (including phenoxy) is 1. The average molecular weight is 444 g/mol. The zero-order chi connectivity index (χ0) is 21.5. The highest BCUT2D eigenvalue weighted by Gasteiger charge is 2.45. The van der Waals surface area contributed by atoms with Crippen LogP contribution in [0.4, 0.5) is 0 Å². The summed E-state index contributed by atoms with van der Waals surface area (Å²) in [6.45, 7) is 5.88. The van der Waals surface area contributed by atoms with Crippen molar-refractivity contribution in [2.75, 3.05) is 0 Å². The Morgan fingerprint density at radius 3 is 2.87 bits per heavy atom. The molecule has 1 aliphatic rings. The van der Waals surface area contributed by atoms with Gasteiger partial charge in [-0.3, -0.25) is 4.79 Å². The van der Waals surface area contributed by atoms with Crippen LogP contribution in [0.2, 0.25) is 5.02 Å². The Hall–Kier alpha value is -2.51. The van der Waals surface area contributed by atoms with Crippen molar-refractivity contribution in [2.24, 2.45) is 0 Å². The highest BCUT2D eigenvalue weighted by Crippen LogP contribution is 2.49. The second kappa shape index (κ2) is 7.96. The minimum absolute atomic E-state index is 0.0156. The van der Waals surface area contributed by atoms with E-state index in [2.05, 4.69) is 28.2 Å². The van der Waals surface area contributed by atoms with Crippen LogP contribution in [-0.2, 0) is 16.6 Å². The highest BCUT2D eigenvalue weighted by molar-refractivity contribution is 7.14. The van der Waals surface area contributed by atoms with Crippen LogP contribution in [0.25, 0.3) is 10.6 Å². The highest BCUT2D eigenvalue weighted by atomic mass is 35.5. The van der Waals surface area contributed by atoms with Crippen molar-refractivity contribution in [3.8, 4) is 16.5 Å². The standard InChI is InChI=1S/C22H22ClN3O3S/c1-12(2)29-19-17(23)9-14(11-24-19)20-25-26-21(30-20)22(10-18(27)28)8-7-15-13(3)5-4-6-16(15)22/h4-6,9,11-12H,7-8,10H2,1-3H3,(H,27,28)/t22-/m1/s1. The SMILES string of the molecule is Cc1cccc2c1CC[C@]2(CC(=O)O)c1nnc(-c2cnc(OC(C)C)c(Cl)c2)s1. The quantitative estimate of drug-likeness (QED) is 0.573. The van der Waals surface area contributed by atoms with E-state index in [1.807, 2.05) is 26.0 Å². The van der Waals surface area contributed by atoms with Crippen molar-refractivity contribution in [3.63, 3.8) is 0 Å². The van der Waals surface area contributed by atoms with E-state index in [-0.39, 0.29) is 12.5 Å². The molecule has 30 heavy (non-hydrogen) atoms. The number of halogens is 1. The summed E-state index contributed by atoms with van der Waals surface area (Å²) in [7, 11) is 0. The van der Waals surface area contributed by atoms with E-state index < -0.39 is 11.4 Å². The van der Waals surface area contributed by atoms with E-state index >= 15 is 0 Å². The fraction of sp³-hybridized carbons (Fsp3) is 0.364. The summed E-state index contributed by atoms with van der Waals surface area (Å²) in [5, 5.41) is 20.2. The van der Waals surface area contributed by atoms with Crippen LogP contribution in [0, 0.1) is 6.92 Å². The Morgan fingerprint density at radius 1 is 1.37 bits per heavy atom. The minimum atomic E-state index is -0.846. The molecule has 156 valence electrons. The molecule has 0 radical (unpaired) electrons. The molecule has 0 unspecified atom stereocenters. The second-order valence-corrected chi connectivity index (χ2v) is 9.23. The van der Waals surface area contributed by atoms with Crippen molar-refractivity contribution in [1.29, 1.82) is 0 Å². The van der Waals surface area contributed by atoms with Crippen molar-refractivity contribution in [2.45, 2.75) is 51.6 Å². The molecule has 1 aliphatic carbocycles. The molecular formula is C22H22ClN3O3S. The van der Waals surface area contributed by atoms with Crippen LogP contribution in [0.15, 0.2) is 30.5 Å². The van der Waals surface area contributed by atoms with Gasteiger partial charge in [-0.15, -0.1) is 10.2 Å². The number of carboxylic acid groups (broad SMARTS) is 1. The molecule has 2 heterocycles. The van der Waals surface area contributed by atoms with Gasteiger partial charge in [-0.05, 0) is 56.4 Å². The van der Waals surface area contributed by atoms with Crippen LogP contribution >= 0.6 is 22.9 Å². The Balaban J connectivity index is 1.74. The van der Waals surface area contributed by atoms with Crippen LogP contribution in [0.5, 0.6) is 5.88 Å². The zero-order valence-corrected chi connectivity index (χ0v) is 18.5. The van der Waals surface area contributed by atoms with Gasteiger partial charge in [0.25, 0.3) is 0 Å². The number of carbonyl (C=O) groups is 1. The lowest BCUT2D eigenvalue weighted by molar-refractivity contribution is -0.138. The number of aryl methyl sites for hydroxylation is 1. The molecule has 0 bridgehead atoms. The number of pyridine rings is 1. The van der Waals surface area contributed by atoms with Crippen molar-refractivity contribution >= 4 is 28.9 Å². The first-order valence-electron chi connectivity index (χ1n) is 9.77. The molecule has 0 saturated carbocycles. The van der Waals surface area contributed by atoms with Crippen LogP contribution in [0.3, 0.4) is 0 Å². The van der Waals surface area contributed by atoms with Crippen LogP contribution in [0.1, 0.15) is 48.4 Å². The fourth-order valence-electron chi connectivity index (χ4n) is 4.08. The first-order chi connectivity index (χ1) is 14.3. The summed E-state index contributed by atoms with van der Waals surface area (Å²) in [6, 6.07) is 7.83. The van der Waals surface area contributed by atoms with E-state index in [4.69, 9.17) is 16.3 Å². The lowest BCUT2D eigenvalue weighted by Crippen LogP contribution is -2.28. The molecule has 0 aliphatic heterocycles.